The van der Waals surface area contributed by atoms with Gasteiger partial charge in [0.2, 0.25) is 0 Å². The zero-order valence-electron chi connectivity index (χ0n) is 22.7. The fraction of sp³-hybridized carbons (Fsp3) is 0.300. The molecule has 2 heterocycles. The minimum atomic E-state index is -0.769. The van der Waals surface area contributed by atoms with Gasteiger partial charge in [0.1, 0.15) is 29.9 Å². The Morgan fingerprint density at radius 1 is 1.15 bits per heavy atom. The fourth-order valence-corrected chi connectivity index (χ4v) is 5.65. The number of rotatable bonds is 9. The van der Waals surface area contributed by atoms with Crippen LogP contribution in [0.5, 0.6) is 17.2 Å². The SMILES string of the molecule is C#CCOc1ccccc1/C=c1/sc2n(c1=O)[C@H](c1cc(OC)ccc1OC)C(C(=O)N(CC)CC)=C(C)N=2. The molecule has 1 aromatic heterocycles. The van der Waals surface area contributed by atoms with E-state index in [-0.39, 0.29) is 18.1 Å². The van der Waals surface area contributed by atoms with Crippen LogP contribution in [0, 0.1) is 12.3 Å². The topological polar surface area (TPSA) is 82.4 Å². The Kier molecular flexibility index (Phi) is 8.57. The maximum Gasteiger partial charge on any atom is 0.271 e. The van der Waals surface area contributed by atoms with Crippen LogP contribution in [-0.2, 0) is 4.79 Å². The van der Waals surface area contributed by atoms with Gasteiger partial charge in [0.25, 0.3) is 11.5 Å². The van der Waals surface area contributed by atoms with Gasteiger partial charge in [0.05, 0.1) is 30.0 Å². The number of thiazole rings is 1. The molecule has 0 N–H and O–H groups in total. The Bertz CT molecular complexity index is 1640. The molecule has 0 fully saturated rings. The Balaban J connectivity index is 2.01. The number of carbonyl (C=O) groups excluding carboxylic acids is 1. The van der Waals surface area contributed by atoms with Crippen molar-refractivity contribution in [3.05, 3.63) is 84.5 Å². The number of nitrogens with zero attached hydrogens (tertiary/aromatic N) is 3. The first-order valence-electron chi connectivity index (χ1n) is 12.6. The number of amides is 1. The molecule has 0 saturated heterocycles. The Morgan fingerprint density at radius 3 is 2.56 bits per heavy atom. The molecule has 0 aliphatic carbocycles. The molecular weight excluding hydrogens is 514 g/mol. The van der Waals surface area contributed by atoms with Gasteiger partial charge < -0.3 is 19.1 Å². The molecule has 39 heavy (non-hydrogen) atoms. The van der Waals surface area contributed by atoms with Gasteiger partial charge in [0, 0.05) is 24.2 Å². The second kappa shape index (κ2) is 12.0. The lowest BCUT2D eigenvalue weighted by molar-refractivity contribution is -0.127. The van der Waals surface area contributed by atoms with Crippen molar-refractivity contribution in [1.29, 1.82) is 0 Å². The molecule has 3 aromatic rings. The first-order valence-corrected chi connectivity index (χ1v) is 13.4. The predicted molar refractivity (Wildman–Crippen MR) is 152 cm³/mol. The summed E-state index contributed by atoms with van der Waals surface area (Å²) in [4.78, 5) is 34.9. The number of hydrogen-bond donors (Lipinski definition) is 0. The van der Waals surface area contributed by atoms with Crippen molar-refractivity contribution in [3.8, 4) is 29.6 Å². The number of methoxy groups -OCH3 is 2. The van der Waals surface area contributed by atoms with Crippen LogP contribution < -0.4 is 29.1 Å². The molecule has 0 spiro atoms. The van der Waals surface area contributed by atoms with Crippen molar-refractivity contribution in [2.45, 2.75) is 26.8 Å². The van der Waals surface area contributed by atoms with Crippen molar-refractivity contribution < 1.29 is 19.0 Å². The average molecular weight is 546 g/mol. The maximum absolute atomic E-state index is 14.1. The highest BCUT2D eigenvalue weighted by Gasteiger charge is 2.36. The van der Waals surface area contributed by atoms with Crippen molar-refractivity contribution in [3.63, 3.8) is 0 Å². The minimum absolute atomic E-state index is 0.109. The predicted octanol–water partition coefficient (Wildman–Crippen LogP) is 3.13. The van der Waals surface area contributed by atoms with Gasteiger partial charge in [-0.2, -0.15) is 0 Å². The molecule has 1 aliphatic heterocycles. The van der Waals surface area contributed by atoms with Crippen LogP contribution in [0.25, 0.3) is 6.08 Å². The number of aromatic nitrogens is 1. The summed E-state index contributed by atoms with van der Waals surface area (Å²) >= 11 is 1.25. The molecule has 0 radical (unpaired) electrons. The first-order chi connectivity index (χ1) is 18.9. The highest BCUT2D eigenvalue weighted by Crippen LogP contribution is 2.38. The van der Waals surface area contributed by atoms with E-state index in [9.17, 15) is 9.59 Å². The summed E-state index contributed by atoms with van der Waals surface area (Å²) in [7, 11) is 3.13. The van der Waals surface area contributed by atoms with E-state index in [0.29, 0.717) is 62.1 Å². The van der Waals surface area contributed by atoms with E-state index >= 15 is 0 Å². The van der Waals surface area contributed by atoms with Gasteiger partial charge in [0.15, 0.2) is 4.80 Å². The monoisotopic (exact) mass is 545 g/mol. The quantitative estimate of drug-likeness (QED) is 0.386. The fourth-order valence-electron chi connectivity index (χ4n) is 4.62. The number of para-hydroxylation sites is 1. The van der Waals surface area contributed by atoms with Gasteiger partial charge in [-0.25, -0.2) is 4.99 Å². The second-order valence-electron chi connectivity index (χ2n) is 8.70. The van der Waals surface area contributed by atoms with E-state index in [1.807, 2.05) is 32.0 Å². The zero-order valence-corrected chi connectivity index (χ0v) is 23.5. The molecule has 0 saturated carbocycles. The highest BCUT2D eigenvalue weighted by molar-refractivity contribution is 7.07. The smallest absolute Gasteiger partial charge is 0.271 e. The molecule has 0 bridgehead atoms. The largest absolute Gasteiger partial charge is 0.497 e. The van der Waals surface area contributed by atoms with E-state index < -0.39 is 6.04 Å². The first kappa shape index (κ1) is 27.7. The molecule has 0 unspecified atom stereocenters. The van der Waals surface area contributed by atoms with Crippen molar-refractivity contribution in [2.75, 3.05) is 33.9 Å². The molecule has 4 rings (SSSR count). The number of likely N-dealkylation sites (N-methyl/N-ethyl adjacent to an activating group) is 1. The van der Waals surface area contributed by atoms with Crippen LogP contribution in [0.3, 0.4) is 0 Å². The number of ether oxygens (including phenoxy) is 3. The third-order valence-corrected chi connectivity index (χ3v) is 7.53. The number of carbonyl (C=O) groups is 1. The van der Waals surface area contributed by atoms with Gasteiger partial charge in [-0.15, -0.1) is 6.42 Å². The molecule has 9 heteroatoms. The molecular formula is C30H31N3O5S. The van der Waals surface area contributed by atoms with Gasteiger partial charge in [-0.3, -0.25) is 14.2 Å². The van der Waals surface area contributed by atoms with E-state index in [1.165, 1.54) is 11.3 Å². The standard InChI is InChI=1S/C30H31N3O5S/c1-7-16-38-23-13-11-10-12-20(23)17-25-28(34)33-27(22-18-21(36-5)14-15-24(22)37-6)26(19(4)31-30(33)39-25)29(35)32(8-2)9-3/h1,10-15,17-18,27H,8-9,16H2,2-6H3/b25-17+/t27-/m1/s1. The van der Waals surface area contributed by atoms with Crippen LogP contribution in [0.4, 0.5) is 0 Å². The molecule has 1 amide bonds. The summed E-state index contributed by atoms with van der Waals surface area (Å²) < 4.78 is 18.9. The summed E-state index contributed by atoms with van der Waals surface area (Å²) in [6, 6.07) is 11.9. The zero-order chi connectivity index (χ0) is 28.1. The summed E-state index contributed by atoms with van der Waals surface area (Å²) in [5.41, 5.74) is 2.03. The van der Waals surface area contributed by atoms with Gasteiger partial charge in [-0.05, 0) is 51.1 Å². The molecule has 1 aliphatic rings. The lowest BCUT2D eigenvalue weighted by atomic mass is 9.93. The van der Waals surface area contributed by atoms with Crippen LogP contribution in [0.15, 0.2) is 63.5 Å². The second-order valence-corrected chi connectivity index (χ2v) is 9.71. The van der Waals surface area contributed by atoms with Gasteiger partial charge in [-0.1, -0.05) is 35.5 Å². The van der Waals surface area contributed by atoms with Crippen molar-refractivity contribution >= 4 is 23.3 Å². The number of benzene rings is 2. The van der Waals surface area contributed by atoms with Crippen molar-refractivity contribution in [1.82, 2.24) is 9.47 Å². The van der Waals surface area contributed by atoms with Crippen LogP contribution in [0.2, 0.25) is 0 Å². The third-order valence-electron chi connectivity index (χ3n) is 6.55. The number of terminal acetylenes is 1. The van der Waals surface area contributed by atoms with Crippen LogP contribution in [0.1, 0.15) is 37.9 Å². The molecule has 8 nitrogen and oxygen atoms in total. The van der Waals surface area contributed by atoms with E-state index in [2.05, 4.69) is 5.92 Å². The Morgan fingerprint density at radius 2 is 1.90 bits per heavy atom. The number of hydrogen-bond acceptors (Lipinski definition) is 7. The Hall–Kier alpha value is -4.29. The van der Waals surface area contributed by atoms with Crippen LogP contribution in [-0.4, -0.2) is 49.3 Å². The van der Waals surface area contributed by atoms with Crippen molar-refractivity contribution in [2.24, 2.45) is 4.99 Å². The molecule has 1 atom stereocenters. The normalized spacial score (nSPS) is 14.8. The van der Waals surface area contributed by atoms with E-state index in [4.69, 9.17) is 25.6 Å². The number of allylic oxidation sites excluding steroid dienone is 1. The summed E-state index contributed by atoms with van der Waals surface area (Å²) in [6.07, 6.45) is 7.14. The van der Waals surface area contributed by atoms with E-state index in [0.717, 1.165) is 0 Å². The summed E-state index contributed by atoms with van der Waals surface area (Å²) in [5, 5.41) is 0. The van der Waals surface area contributed by atoms with Gasteiger partial charge >= 0.3 is 0 Å². The van der Waals surface area contributed by atoms with Crippen LogP contribution >= 0.6 is 11.3 Å². The van der Waals surface area contributed by atoms with E-state index in [1.54, 1.807) is 61.0 Å². The summed E-state index contributed by atoms with van der Waals surface area (Å²) in [5.74, 6) is 3.96. The summed E-state index contributed by atoms with van der Waals surface area (Å²) in [6.45, 7) is 6.80. The minimum Gasteiger partial charge on any atom is -0.497 e. The molecule has 2 aromatic carbocycles. The maximum atomic E-state index is 14.1. The third kappa shape index (κ3) is 5.33. The Labute approximate surface area is 231 Å². The average Bonchev–Trinajstić information content (AvgIpc) is 3.25. The highest BCUT2D eigenvalue weighted by atomic mass is 32.1. The molecule has 202 valence electrons. The number of fused-ring (bicyclic) bond motifs is 1. The lowest BCUT2D eigenvalue weighted by Gasteiger charge is -2.30. The lowest BCUT2D eigenvalue weighted by Crippen LogP contribution is -2.43.